The highest BCUT2D eigenvalue weighted by atomic mass is 16.2. The summed E-state index contributed by atoms with van der Waals surface area (Å²) < 4.78 is 1.84. The van der Waals surface area contributed by atoms with Gasteiger partial charge in [-0.3, -0.25) is 9.59 Å². The molecule has 1 heterocycles. The van der Waals surface area contributed by atoms with Crippen LogP contribution >= 0.6 is 0 Å². The number of hydrogen-bond acceptors (Lipinski definition) is 2. The van der Waals surface area contributed by atoms with E-state index in [-0.39, 0.29) is 18.2 Å². The number of rotatable bonds is 7. The van der Waals surface area contributed by atoms with Crippen molar-refractivity contribution in [2.45, 2.75) is 46.1 Å². The van der Waals surface area contributed by atoms with Crippen LogP contribution in [0.5, 0.6) is 0 Å². The molecule has 0 saturated heterocycles. The summed E-state index contributed by atoms with van der Waals surface area (Å²) in [7, 11) is 0. The highest BCUT2D eigenvalue weighted by Gasteiger charge is 2.14. The van der Waals surface area contributed by atoms with Crippen molar-refractivity contribution in [2.24, 2.45) is 0 Å². The molecule has 0 fully saturated rings. The Morgan fingerprint density at radius 2 is 1.67 bits per heavy atom. The van der Waals surface area contributed by atoms with Gasteiger partial charge >= 0.3 is 0 Å². The van der Waals surface area contributed by atoms with E-state index in [2.05, 4.69) is 31.3 Å². The summed E-state index contributed by atoms with van der Waals surface area (Å²) in [6.07, 6.45) is 6.10. The van der Waals surface area contributed by atoms with E-state index in [1.165, 1.54) is 12.5 Å². The number of carbonyl (C=O) groups excluding carboxylic acids is 2. The molecule has 0 aliphatic heterocycles. The maximum Gasteiger partial charge on any atom is 0.290 e. The highest BCUT2D eigenvalue weighted by Crippen LogP contribution is 2.21. The van der Waals surface area contributed by atoms with Crippen LogP contribution in [0.1, 0.15) is 55.5 Å². The van der Waals surface area contributed by atoms with Crippen molar-refractivity contribution in [3.63, 3.8) is 0 Å². The largest absolute Gasteiger partial charge is 0.320 e. The van der Waals surface area contributed by atoms with Crippen LogP contribution in [0, 0.1) is 0 Å². The van der Waals surface area contributed by atoms with Crippen molar-refractivity contribution in [1.29, 1.82) is 0 Å². The molecule has 0 atom stereocenters. The Balaban J connectivity index is 2.04. The van der Waals surface area contributed by atoms with Crippen molar-refractivity contribution >= 4 is 17.4 Å². The van der Waals surface area contributed by atoms with E-state index < -0.39 is 0 Å². The van der Waals surface area contributed by atoms with Gasteiger partial charge in [-0.15, -0.1) is 0 Å². The minimum Gasteiger partial charge on any atom is -0.320 e. The molecule has 1 aromatic heterocycles. The molecule has 2 aromatic rings. The minimum absolute atomic E-state index is 0.0620. The molecule has 1 amide bonds. The third kappa shape index (κ3) is 4.51. The zero-order valence-electron chi connectivity index (χ0n) is 14.6. The van der Waals surface area contributed by atoms with E-state index in [1.807, 2.05) is 17.0 Å². The van der Waals surface area contributed by atoms with Crippen LogP contribution < -0.4 is 9.88 Å². The molecule has 1 aromatic carbocycles. The zero-order valence-corrected chi connectivity index (χ0v) is 14.6. The van der Waals surface area contributed by atoms with E-state index in [9.17, 15) is 9.59 Å². The Morgan fingerprint density at radius 1 is 1.04 bits per heavy atom. The van der Waals surface area contributed by atoms with E-state index in [0.29, 0.717) is 17.2 Å². The highest BCUT2D eigenvalue weighted by molar-refractivity contribution is 6.03. The van der Waals surface area contributed by atoms with Crippen molar-refractivity contribution in [2.75, 3.05) is 5.32 Å². The second-order valence-electron chi connectivity index (χ2n) is 5.97. The number of pyridine rings is 1. The van der Waals surface area contributed by atoms with Crippen molar-refractivity contribution in [3.05, 3.63) is 59.9 Å². The predicted molar refractivity (Wildman–Crippen MR) is 95.0 cm³/mol. The van der Waals surface area contributed by atoms with Gasteiger partial charge in [0, 0.05) is 17.7 Å². The maximum atomic E-state index is 12.2. The molecular weight excluding hydrogens is 300 g/mol. The quantitative estimate of drug-likeness (QED) is 0.623. The molecule has 0 radical (unpaired) electrons. The van der Waals surface area contributed by atoms with Gasteiger partial charge in [-0.2, -0.15) is 4.57 Å². The lowest BCUT2D eigenvalue weighted by atomic mass is 9.95. The number of amides is 1. The average Bonchev–Trinajstić information content (AvgIpc) is 2.57. The number of para-hydroxylation sites is 1. The SMILES string of the molecule is CCC(CC)c1cc[n+](CC(=O)Nc2ccccc2C(C)=O)cc1. The Kier molecular flexibility index (Phi) is 6.24. The number of ketones is 1. The van der Waals surface area contributed by atoms with Crippen molar-refractivity contribution in [3.8, 4) is 0 Å². The van der Waals surface area contributed by atoms with Gasteiger partial charge in [0.15, 0.2) is 18.2 Å². The number of Topliss-reactive ketones (excluding diaryl/α,β-unsaturated/α-hetero) is 1. The standard InChI is InChI=1S/C20H24N2O2/c1-4-16(5-2)17-10-12-22(13-11-17)14-20(24)21-19-9-7-6-8-18(19)15(3)23/h6-13,16H,4-5,14H2,1-3H3/p+1. The van der Waals surface area contributed by atoms with Crippen LogP contribution in [-0.2, 0) is 11.3 Å². The zero-order chi connectivity index (χ0) is 17.5. The summed E-state index contributed by atoms with van der Waals surface area (Å²) in [5, 5.41) is 2.82. The van der Waals surface area contributed by atoms with Crippen LogP contribution in [0.25, 0.3) is 0 Å². The minimum atomic E-state index is -0.149. The second kappa shape index (κ2) is 8.39. The molecule has 1 N–H and O–H groups in total. The first-order chi connectivity index (χ1) is 11.5. The maximum absolute atomic E-state index is 12.2. The fraction of sp³-hybridized carbons (Fsp3) is 0.350. The summed E-state index contributed by atoms with van der Waals surface area (Å²) in [5.74, 6) is 0.355. The number of aromatic nitrogens is 1. The first-order valence-electron chi connectivity index (χ1n) is 8.44. The molecule has 0 bridgehead atoms. The summed E-state index contributed by atoms with van der Waals surface area (Å²) in [6, 6.07) is 11.2. The van der Waals surface area contributed by atoms with Gasteiger partial charge < -0.3 is 5.32 Å². The molecule has 2 rings (SSSR count). The van der Waals surface area contributed by atoms with Gasteiger partial charge in [-0.05, 0) is 43.4 Å². The third-order valence-corrected chi connectivity index (χ3v) is 4.28. The number of nitrogens with one attached hydrogen (secondary N) is 1. The fourth-order valence-electron chi connectivity index (χ4n) is 2.86. The van der Waals surface area contributed by atoms with Gasteiger partial charge in [0.2, 0.25) is 6.54 Å². The summed E-state index contributed by atoms with van der Waals surface area (Å²) in [6.45, 7) is 6.09. The summed E-state index contributed by atoms with van der Waals surface area (Å²) in [5.41, 5.74) is 2.39. The molecular formula is C20H25N2O2+. The van der Waals surface area contributed by atoms with Crippen LogP contribution in [-0.4, -0.2) is 11.7 Å². The molecule has 126 valence electrons. The molecule has 0 spiro atoms. The second-order valence-corrected chi connectivity index (χ2v) is 5.97. The first kappa shape index (κ1) is 17.9. The Hall–Kier alpha value is -2.49. The monoisotopic (exact) mass is 325 g/mol. The van der Waals surface area contributed by atoms with Crippen molar-refractivity contribution < 1.29 is 14.2 Å². The lowest BCUT2D eigenvalue weighted by Gasteiger charge is -2.11. The lowest BCUT2D eigenvalue weighted by Crippen LogP contribution is -2.39. The average molecular weight is 325 g/mol. The number of anilines is 1. The molecule has 0 saturated carbocycles. The van der Waals surface area contributed by atoms with Crippen LogP contribution in [0.3, 0.4) is 0 Å². The van der Waals surface area contributed by atoms with Crippen LogP contribution in [0.2, 0.25) is 0 Å². The summed E-state index contributed by atoms with van der Waals surface area (Å²) >= 11 is 0. The van der Waals surface area contributed by atoms with Gasteiger partial charge in [-0.25, -0.2) is 0 Å². The predicted octanol–water partition coefficient (Wildman–Crippen LogP) is 3.72. The van der Waals surface area contributed by atoms with Crippen molar-refractivity contribution in [1.82, 2.24) is 0 Å². The number of carbonyl (C=O) groups is 2. The van der Waals surface area contributed by atoms with E-state index in [0.717, 1.165) is 12.8 Å². The van der Waals surface area contributed by atoms with E-state index in [1.54, 1.807) is 24.3 Å². The number of nitrogens with zero attached hydrogens (tertiary/aromatic N) is 1. The molecule has 0 unspecified atom stereocenters. The Bertz CT molecular complexity index is 704. The Morgan fingerprint density at radius 3 is 2.25 bits per heavy atom. The first-order valence-corrected chi connectivity index (χ1v) is 8.44. The lowest BCUT2D eigenvalue weighted by molar-refractivity contribution is -0.684. The molecule has 0 aliphatic carbocycles. The van der Waals surface area contributed by atoms with Crippen LogP contribution in [0.4, 0.5) is 5.69 Å². The fourth-order valence-corrected chi connectivity index (χ4v) is 2.86. The van der Waals surface area contributed by atoms with E-state index in [4.69, 9.17) is 0 Å². The molecule has 0 aliphatic rings. The molecule has 4 heteroatoms. The topological polar surface area (TPSA) is 50.0 Å². The van der Waals surface area contributed by atoms with Gasteiger partial charge in [0.05, 0.1) is 5.69 Å². The normalized spacial score (nSPS) is 10.7. The van der Waals surface area contributed by atoms with Gasteiger partial charge in [0.1, 0.15) is 0 Å². The Labute approximate surface area is 143 Å². The smallest absolute Gasteiger partial charge is 0.290 e. The summed E-state index contributed by atoms with van der Waals surface area (Å²) in [4.78, 5) is 23.9. The number of hydrogen-bond donors (Lipinski definition) is 1. The number of benzene rings is 1. The van der Waals surface area contributed by atoms with E-state index >= 15 is 0 Å². The third-order valence-electron chi connectivity index (χ3n) is 4.28. The van der Waals surface area contributed by atoms with Crippen LogP contribution in [0.15, 0.2) is 48.8 Å². The molecule has 4 nitrogen and oxygen atoms in total. The van der Waals surface area contributed by atoms with Gasteiger partial charge in [-0.1, -0.05) is 26.0 Å². The molecule has 24 heavy (non-hydrogen) atoms. The van der Waals surface area contributed by atoms with Gasteiger partial charge in [0.25, 0.3) is 5.91 Å².